The van der Waals surface area contributed by atoms with Crippen LogP contribution in [0.5, 0.6) is 0 Å². The van der Waals surface area contributed by atoms with Crippen LogP contribution in [0.3, 0.4) is 0 Å². The van der Waals surface area contributed by atoms with Crippen molar-refractivity contribution in [3.05, 3.63) is 11.9 Å². The van der Waals surface area contributed by atoms with Gasteiger partial charge in [-0.3, -0.25) is 9.48 Å². The minimum Gasteiger partial charge on any atom is -0.393 e. The number of carbonyl (C=O) groups excluding carboxylic acids is 1. The van der Waals surface area contributed by atoms with Crippen LogP contribution in [-0.4, -0.2) is 56.6 Å². The van der Waals surface area contributed by atoms with Crippen LogP contribution >= 0.6 is 0 Å². The number of rotatable bonds is 3. The van der Waals surface area contributed by atoms with Gasteiger partial charge in [-0.05, 0) is 12.8 Å². The Morgan fingerprint density at radius 2 is 2.24 bits per heavy atom. The zero-order valence-electron chi connectivity index (χ0n) is 9.62. The van der Waals surface area contributed by atoms with E-state index in [2.05, 4.69) is 10.3 Å². The molecule has 0 aromatic carbocycles. The Bertz CT molecular complexity index is 384. The van der Waals surface area contributed by atoms with E-state index in [4.69, 9.17) is 5.73 Å². The fourth-order valence-corrected chi connectivity index (χ4v) is 1.87. The van der Waals surface area contributed by atoms with Crippen molar-refractivity contribution in [2.45, 2.75) is 25.5 Å². The van der Waals surface area contributed by atoms with Gasteiger partial charge < -0.3 is 15.7 Å². The number of aromatic nitrogens is 3. The first-order valence-electron chi connectivity index (χ1n) is 5.78. The van der Waals surface area contributed by atoms with Crippen molar-refractivity contribution in [3.63, 3.8) is 0 Å². The predicted molar refractivity (Wildman–Crippen MR) is 60.2 cm³/mol. The third kappa shape index (κ3) is 2.80. The number of piperidine rings is 1. The lowest BCUT2D eigenvalue weighted by molar-refractivity contribution is 0.0541. The van der Waals surface area contributed by atoms with Crippen LogP contribution in [0.4, 0.5) is 0 Å². The maximum absolute atomic E-state index is 12.0. The smallest absolute Gasteiger partial charge is 0.276 e. The van der Waals surface area contributed by atoms with Crippen LogP contribution in [0.1, 0.15) is 23.3 Å². The van der Waals surface area contributed by atoms with E-state index < -0.39 is 0 Å². The molecule has 1 aromatic rings. The van der Waals surface area contributed by atoms with Crippen molar-refractivity contribution >= 4 is 5.91 Å². The Balaban J connectivity index is 1.98. The summed E-state index contributed by atoms with van der Waals surface area (Å²) in [6.07, 6.45) is 2.58. The molecule has 1 amide bonds. The molecule has 7 heteroatoms. The van der Waals surface area contributed by atoms with Crippen LogP contribution in [0, 0.1) is 0 Å². The molecule has 1 fully saturated rings. The van der Waals surface area contributed by atoms with Gasteiger partial charge in [0.05, 0.1) is 18.8 Å². The Kier molecular flexibility index (Phi) is 3.70. The first-order chi connectivity index (χ1) is 8.20. The molecule has 0 atom stereocenters. The number of amides is 1. The van der Waals surface area contributed by atoms with Gasteiger partial charge >= 0.3 is 0 Å². The van der Waals surface area contributed by atoms with Gasteiger partial charge in [0, 0.05) is 19.6 Å². The number of likely N-dealkylation sites (tertiary alicyclic amines) is 1. The summed E-state index contributed by atoms with van der Waals surface area (Å²) in [6, 6.07) is 0. The van der Waals surface area contributed by atoms with Gasteiger partial charge in [0.2, 0.25) is 0 Å². The van der Waals surface area contributed by atoms with Gasteiger partial charge in [0.1, 0.15) is 0 Å². The summed E-state index contributed by atoms with van der Waals surface area (Å²) < 4.78 is 1.56. The molecule has 1 aliphatic heterocycles. The van der Waals surface area contributed by atoms with Crippen molar-refractivity contribution in [3.8, 4) is 0 Å². The fourth-order valence-electron chi connectivity index (χ4n) is 1.87. The van der Waals surface area contributed by atoms with Crippen LogP contribution in [-0.2, 0) is 6.54 Å². The molecule has 0 spiro atoms. The van der Waals surface area contributed by atoms with Gasteiger partial charge in [-0.1, -0.05) is 5.21 Å². The number of nitrogens with two attached hydrogens (primary N) is 1. The van der Waals surface area contributed by atoms with Crippen molar-refractivity contribution in [2.75, 3.05) is 19.6 Å². The van der Waals surface area contributed by atoms with Crippen molar-refractivity contribution < 1.29 is 9.90 Å². The molecule has 2 rings (SSSR count). The topological polar surface area (TPSA) is 97.3 Å². The van der Waals surface area contributed by atoms with Crippen LogP contribution in [0.15, 0.2) is 6.20 Å². The highest BCUT2D eigenvalue weighted by Gasteiger charge is 2.24. The molecule has 7 nitrogen and oxygen atoms in total. The summed E-state index contributed by atoms with van der Waals surface area (Å²) in [5.41, 5.74) is 5.73. The van der Waals surface area contributed by atoms with Crippen LogP contribution in [0.25, 0.3) is 0 Å². The van der Waals surface area contributed by atoms with E-state index in [-0.39, 0.29) is 12.0 Å². The van der Waals surface area contributed by atoms with E-state index >= 15 is 0 Å². The molecule has 1 aliphatic rings. The van der Waals surface area contributed by atoms with E-state index in [1.54, 1.807) is 15.8 Å². The molecule has 17 heavy (non-hydrogen) atoms. The number of carbonyl (C=O) groups is 1. The SMILES string of the molecule is NCCn1cc(C(=O)N2CCC(O)CC2)nn1. The second kappa shape index (κ2) is 5.24. The predicted octanol–water partition coefficient (Wildman–Crippen LogP) is -1.17. The highest BCUT2D eigenvalue weighted by atomic mass is 16.3. The summed E-state index contributed by atoms with van der Waals surface area (Å²) in [5, 5.41) is 17.0. The zero-order chi connectivity index (χ0) is 12.3. The molecular formula is C10H17N5O2. The second-order valence-electron chi connectivity index (χ2n) is 4.18. The maximum atomic E-state index is 12.0. The summed E-state index contributed by atoms with van der Waals surface area (Å²) in [5.74, 6) is -0.125. The third-order valence-corrected chi connectivity index (χ3v) is 2.87. The van der Waals surface area contributed by atoms with E-state index in [1.807, 2.05) is 0 Å². The number of aliphatic hydroxyl groups excluding tert-OH is 1. The molecule has 0 unspecified atom stereocenters. The molecule has 0 saturated carbocycles. The zero-order valence-corrected chi connectivity index (χ0v) is 9.62. The normalized spacial score (nSPS) is 17.4. The Labute approximate surface area is 99.2 Å². The van der Waals surface area contributed by atoms with E-state index in [0.717, 1.165) is 0 Å². The molecule has 1 saturated heterocycles. The van der Waals surface area contributed by atoms with E-state index in [1.165, 1.54) is 0 Å². The van der Waals surface area contributed by atoms with E-state index in [0.29, 0.717) is 44.7 Å². The summed E-state index contributed by atoms with van der Waals surface area (Å²) in [7, 11) is 0. The van der Waals surface area contributed by atoms with Gasteiger partial charge in [-0.15, -0.1) is 5.10 Å². The van der Waals surface area contributed by atoms with Gasteiger partial charge in [0.15, 0.2) is 5.69 Å². The first kappa shape index (κ1) is 12.0. The average Bonchev–Trinajstić information content (AvgIpc) is 2.78. The lowest BCUT2D eigenvalue weighted by Crippen LogP contribution is -2.40. The summed E-state index contributed by atoms with van der Waals surface area (Å²) in [6.45, 7) is 2.17. The van der Waals surface area contributed by atoms with Crippen LogP contribution in [0.2, 0.25) is 0 Å². The van der Waals surface area contributed by atoms with Crippen molar-refractivity contribution in [1.82, 2.24) is 19.9 Å². The van der Waals surface area contributed by atoms with Gasteiger partial charge in [0.25, 0.3) is 5.91 Å². The molecule has 1 aromatic heterocycles. The second-order valence-corrected chi connectivity index (χ2v) is 4.18. The number of hydrogen-bond donors (Lipinski definition) is 2. The average molecular weight is 239 g/mol. The Morgan fingerprint density at radius 3 is 2.88 bits per heavy atom. The third-order valence-electron chi connectivity index (χ3n) is 2.87. The largest absolute Gasteiger partial charge is 0.393 e. The lowest BCUT2D eigenvalue weighted by atomic mass is 10.1. The summed E-state index contributed by atoms with van der Waals surface area (Å²) >= 11 is 0. The molecular weight excluding hydrogens is 222 g/mol. The molecule has 0 radical (unpaired) electrons. The monoisotopic (exact) mass is 239 g/mol. The van der Waals surface area contributed by atoms with E-state index in [9.17, 15) is 9.90 Å². The Morgan fingerprint density at radius 1 is 1.53 bits per heavy atom. The number of aliphatic hydroxyl groups is 1. The minimum absolute atomic E-state index is 0.125. The standard InChI is InChI=1S/C10H17N5O2/c11-3-6-15-7-9(12-13-15)10(17)14-4-1-8(16)2-5-14/h7-8,16H,1-6,11H2. The molecule has 0 aliphatic carbocycles. The maximum Gasteiger partial charge on any atom is 0.276 e. The van der Waals surface area contributed by atoms with Crippen LogP contribution < -0.4 is 5.73 Å². The van der Waals surface area contributed by atoms with Gasteiger partial charge in [-0.25, -0.2) is 0 Å². The highest BCUT2D eigenvalue weighted by molar-refractivity contribution is 5.91. The molecule has 3 N–H and O–H groups in total. The quantitative estimate of drug-likeness (QED) is 0.693. The number of nitrogens with zero attached hydrogens (tertiary/aromatic N) is 4. The van der Waals surface area contributed by atoms with Crippen molar-refractivity contribution in [1.29, 1.82) is 0 Å². The van der Waals surface area contributed by atoms with Crippen molar-refractivity contribution in [2.24, 2.45) is 5.73 Å². The Hall–Kier alpha value is -1.47. The molecule has 0 bridgehead atoms. The van der Waals surface area contributed by atoms with Gasteiger partial charge in [-0.2, -0.15) is 0 Å². The minimum atomic E-state index is -0.285. The number of hydrogen-bond acceptors (Lipinski definition) is 5. The molecule has 2 heterocycles. The highest BCUT2D eigenvalue weighted by Crippen LogP contribution is 2.12. The molecule has 94 valence electrons. The lowest BCUT2D eigenvalue weighted by Gasteiger charge is -2.28. The first-order valence-corrected chi connectivity index (χ1v) is 5.78. The summed E-state index contributed by atoms with van der Waals surface area (Å²) in [4.78, 5) is 13.7. The fraction of sp³-hybridized carbons (Fsp3) is 0.700.